The summed E-state index contributed by atoms with van der Waals surface area (Å²) in [6.07, 6.45) is 0.192. The molecule has 0 aromatic heterocycles. The number of hydrogen-bond acceptors (Lipinski definition) is 7. The van der Waals surface area contributed by atoms with E-state index in [4.69, 9.17) is 14.2 Å². The van der Waals surface area contributed by atoms with Crippen molar-refractivity contribution in [1.29, 1.82) is 0 Å². The minimum absolute atomic E-state index is 0.0464. The number of imide groups is 1. The molecule has 1 aliphatic rings. The van der Waals surface area contributed by atoms with Crippen LogP contribution in [0.5, 0.6) is 0 Å². The molecule has 24 heavy (non-hydrogen) atoms. The highest BCUT2D eigenvalue weighted by atomic mass is 16.8. The second-order valence-electron chi connectivity index (χ2n) is 6.84. The van der Waals surface area contributed by atoms with Gasteiger partial charge in [-0.2, -0.15) is 0 Å². The van der Waals surface area contributed by atoms with Crippen molar-refractivity contribution in [2.45, 2.75) is 64.6 Å². The quantitative estimate of drug-likeness (QED) is 0.467. The lowest BCUT2D eigenvalue weighted by atomic mass is 10.0. The van der Waals surface area contributed by atoms with Crippen LogP contribution in [0.25, 0.3) is 0 Å². The molecule has 0 bridgehead atoms. The van der Waals surface area contributed by atoms with E-state index in [2.05, 4.69) is 4.84 Å². The number of methoxy groups -OCH3 is 1. The van der Waals surface area contributed by atoms with E-state index >= 15 is 0 Å². The minimum Gasteiger partial charge on any atom is -0.433 e. The molecule has 0 saturated carbocycles. The van der Waals surface area contributed by atoms with Crippen molar-refractivity contribution in [3.8, 4) is 0 Å². The second-order valence-corrected chi connectivity index (χ2v) is 6.84. The number of nitrogens with zero attached hydrogens (tertiary/aromatic N) is 1. The summed E-state index contributed by atoms with van der Waals surface area (Å²) in [4.78, 5) is 38.8. The van der Waals surface area contributed by atoms with Crippen LogP contribution in [0.15, 0.2) is 0 Å². The van der Waals surface area contributed by atoms with Gasteiger partial charge in [-0.1, -0.05) is 5.06 Å². The fourth-order valence-electron chi connectivity index (χ4n) is 1.89. The summed E-state index contributed by atoms with van der Waals surface area (Å²) < 4.78 is 16.0. The first kappa shape index (κ1) is 20.4. The van der Waals surface area contributed by atoms with Gasteiger partial charge >= 0.3 is 6.16 Å². The third-order valence-corrected chi connectivity index (χ3v) is 3.85. The predicted octanol–water partition coefficient (Wildman–Crippen LogP) is 2.20. The molecule has 1 aliphatic heterocycles. The normalized spacial score (nSPS) is 15.8. The van der Waals surface area contributed by atoms with Crippen LogP contribution in [-0.4, -0.2) is 54.6 Å². The summed E-state index contributed by atoms with van der Waals surface area (Å²) >= 11 is 0. The molecule has 0 unspecified atom stereocenters. The molecule has 0 spiro atoms. The zero-order valence-corrected chi connectivity index (χ0v) is 15.0. The van der Waals surface area contributed by atoms with Crippen molar-refractivity contribution in [2.24, 2.45) is 0 Å². The zero-order chi connectivity index (χ0) is 18.4. The Morgan fingerprint density at radius 1 is 1.00 bits per heavy atom. The Kier molecular flexibility index (Phi) is 7.16. The van der Waals surface area contributed by atoms with E-state index in [1.165, 1.54) is 0 Å². The smallest absolute Gasteiger partial charge is 0.433 e. The van der Waals surface area contributed by atoms with E-state index in [1.807, 2.05) is 27.7 Å². The molecule has 0 radical (unpaired) electrons. The summed E-state index contributed by atoms with van der Waals surface area (Å²) in [7, 11) is 1.65. The second kappa shape index (κ2) is 8.43. The fraction of sp³-hybridized carbons (Fsp3) is 0.812. The molecule has 138 valence electrons. The Bertz CT molecular complexity index is 457. The van der Waals surface area contributed by atoms with Gasteiger partial charge in [0.25, 0.3) is 11.8 Å². The van der Waals surface area contributed by atoms with E-state index in [0.29, 0.717) is 18.1 Å². The van der Waals surface area contributed by atoms with Gasteiger partial charge in [-0.05, 0) is 34.1 Å². The molecule has 8 heteroatoms. The molecule has 1 heterocycles. The molecule has 0 aliphatic carbocycles. The van der Waals surface area contributed by atoms with Crippen LogP contribution < -0.4 is 0 Å². The summed E-state index contributed by atoms with van der Waals surface area (Å²) in [5.74, 6) is -1.08. The Morgan fingerprint density at radius 3 is 2.08 bits per heavy atom. The molecule has 0 aromatic carbocycles. The average Bonchev–Trinajstić information content (AvgIpc) is 2.78. The highest BCUT2D eigenvalue weighted by molar-refractivity contribution is 6.01. The molecular weight excluding hydrogens is 318 g/mol. The van der Waals surface area contributed by atoms with E-state index in [1.54, 1.807) is 7.11 Å². The summed E-state index contributed by atoms with van der Waals surface area (Å²) in [5.41, 5.74) is -0.755. The molecule has 0 atom stereocenters. The first-order valence-corrected chi connectivity index (χ1v) is 7.96. The maximum atomic E-state index is 11.5. The van der Waals surface area contributed by atoms with Crippen LogP contribution >= 0.6 is 0 Å². The number of ether oxygens (including phenoxy) is 3. The molecule has 8 nitrogen and oxygen atoms in total. The van der Waals surface area contributed by atoms with Gasteiger partial charge in [0.2, 0.25) is 0 Å². The number of carbonyl (C=O) groups is 3. The van der Waals surface area contributed by atoms with Crippen molar-refractivity contribution in [2.75, 3.05) is 20.3 Å². The van der Waals surface area contributed by atoms with Crippen LogP contribution in [0.2, 0.25) is 0 Å². The van der Waals surface area contributed by atoms with E-state index in [-0.39, 0.29) is 25.0 Å². The largest absolute Gasteiger partial charge is 0.533 e. The topological polar surface area (TPSA) is 91.4 Å². The predicted molar refractivity (Wildman–Crippen MR) is 83.9 cm³/mol. The molecule has 1 saturated heterocycles. The highest BCUT2D eigenvalue weighted by Gasteiger charge is 2.33. The van der Waals surface area contributed by atoms with Gasteiger partial charge < -0.3 is 14.2 Å². The average molecular weight is 345 g/mol. The van der Waals surface area contributed by atoms with Crippen molar-refractivity contribution < 1.29 is 33.4 Å². The van der Waals surface area contributed by atoms with Gasteiger partial charge in [-0.15, -0.1) is 0 Å². The van der Waals surface area contributed by atoms with E-state index in [9.17, 15) is 14.4 Å². The van der Waals surface area contributed by atoms with Gasteiger partial charge in [0.1, 0.15) is 0 Å². The zero-order valence-electron chi connectivity index (χ0n) is 15.0. The third kappa shape index (κ3) is 6.84. The molecule has 1 rings (SSSR count). The van der Waals surface area contributed by atoms with Crippen molar-refractivity contribution in [1.82, 2.24) is 5.06 Å². The third-order valence-electron chi connectivity index (χ3n) is 3.85. The Hall–Kier alpha value is -1.67. The first-order chi connectivity index (χ1) is 11.1. The maximum Gasteiger partial charge on any atom is 0.533 e. The Labute approximate surface area is 142 Å². The summed E-state index contributed by atoms with van der Waals surface area (Å²) in [6, 6.07) is 0. The van der Waals surface area contributed by atoms with Crippen LogP contribution in [0.3, 0.4) is 0 Å². The highest BCUT2D eigenvalue weighted by Crippen LogP contribution is 2.19. The Morgan fingerprint density at radius 2 is 1.54 bits per heavy atom. The number of hydroxylamine groups is 2. The number of carbonyl (C=O) groups excluding carboxylic acids is 3. The lowest BCUT2D eigenvalue weighted by molar-refractivity contribution is -0.177. The SMILES string of the molecule is COC(C)(C)CCOC(C)(C)CCOC(=O)ON1C(=O)CCC1=O. The maximum absolute atomic E-state index is 11.5. The van der Waals surface area contributed by atoms with Crippen LogP contribution in [0, 0.1) is 0 Å². The standard InChI is InChI=1S/C16H27NO7/c1-15(2,21-5)9-11-23-16(3,4)8-10-22-14(20)24-17-12(18)6-7-13(17)19/h6-11H2,1-5H3. The monoisotopic (exact) mass is 345 g/mol. The van der Waals surface area contributed by atoms with Gasteiger partial charge in [-0.25, -0.2) is 4.79 Å². The van der Waals surface area contributed by atoms with E-state index < -0.39 is 23.6 Å². The van der Waals surface area contributed by atoms with Crippen molar-refractivity contribution in [3.05, 3.63) is 0 Å². The van der Waals surface area contributed by atoms with E-state index in [0.717, 1.165) is 6.42 Å². The fourth-order valence-corrected chi connectivity index (χ4v) is 1.89. The number of rotatable bonds is 9. The van der Waals surface area contributed by atoms with Gasteiger partial charge in [0, 0.05) is 26.4 Å². The molecule has 2 amide bonds. The minimum atomic E-state index is -1.07. The van der Waals surface area contributed by atoms with Crippen LogP contribution in [0.4, 0.5) is 4.79 Å². The number of hydrogen-bond donors (Lipinski definition) is 0. The van der Waals surface area contributed by atoms with Gasteiger partial charge in [-0.3, -0.25) is 14.4 Å². The Balaban J connectivity index is 2.26. The molecule has 0 aromatic rings. The molecular formula is C16H27NO7. The first-order valence-electron chi connectivity index (χ1n) is 7.96. The summed E-state index contributed by atoms with van der Waals surface area (Å²) in [6.45, 7) is 8.28. The molecule has 0 N–H and O–H groups in total. The van der Waals surface area contributed by atoms with Crippen LogP contribution in [-0.2, 0) is 28.6 Å². The van der Waals surface area contributed by atoms with Gasteiger partial charge in [0.05, 0.1) is 24.4 Å². The van der Waals surface area contributed by atoms with Gasteiger partial charge in [0.15, 0.2) is 0 Å². The van der Waals surface area contributed by atoms with Crippen LogP contribution in [0.1, 0.15) is 53.4 Å². The van der Waals surface area contributed by atoms with Crippen molar-refractivity contribution in [3.63, 3.8) is 0 Å². The van der Waals surface area contributed by atoms with Crippen molar-refractivity contribution >= 4 is 18.0 Å². The summed E-state index contributed by atoms with van der Waals surface area (Å²) in [5, 5.41) is 0.455. The lowest BCUT2D eigenvalue weighted by Crippen LogP contribution is -2.34. The molecule has 1 fully saturated rings. The number of amides is 2. The lowest BCUT2D eigenvalue weighted by Gasteiger charge is -2.28.